The maximum atomic E-state index is 12.4. The lowest BCUT2D eigenvalue weighted by atomic mass is 10.2. The summed E-state index contributed by atoms with van der Waals surface area (Å²) in [5, 5.41) is 0. The van der Waals surface area contributed by atoms with Crippen LogP contribution in [0.4, 0.5) is 4.79 Å². The number of benzene rings is 2. The molecule has 0 saturated carbocycles. The van der Waals surface area contributed by atoms with E-state index in [1.807, 2.05) is 0 Å². The Balaban J connectivity index is 2.09. The molecule has 0 atom stereocenters. The molecule has 0 saturated heterocycles. The number of hydrogen-bond acceptors (Lipinski definition) is 9. The van der Waals surface area contributed by atoms with E-state index in [0.29, 0.717) is 0 Å². The van der Waals surface area contributed by atoms with Gasteiger partial charge < -0.3 is 14.2 Å². The van der Waals surface area contributed by atoms with Crippen molar-refractivity contribution in [2.24, 2.45) is 5.92 Å². The highest BCUT2D eigenvalue weighted by atomic mass is 17.2. The monoisotopic (exact) mass is 444 g/mol. The Morgan fingerprint density at radius 2 is 1.16 bits per heavy atom. The second-order valence-corrected chi connectivity index (χ2v) is 7.88. The van der Waals surface area contributed by atoms with E-state index in [2.05, 4.69) is 9.78 Å². The van der Waals surface area contributed by atoms with Gasteiger partial charge >= 0.3 is 24.1 Å². The molecule has 0 amide bonds. The molecule has 9 heteroatoms. The summed E-state index contributed by atoms with van der Waals surface area (Å²) in [6, 6.07) is 11.5. The number of hydrogen-bond donors (Lipinski definition) is 0. The van der Waals surface area contributed by atoms with Crippen LogP contribution in [0.25, 0.3) is 0 Å². The molecule has 0 heterocycles. The van der Waals surface area contributed by atoms with Crippen molar-refractivity contribution in [3.8, 4) is 11.5 Å². The first-order chi connectivity index (χ1) is 15.0. The highest BCUT2D eigenvalue weighted by molar-refractivity contribution is 5.96. The van der Waals surface area contributed by atoms with Crippen molar-refractivity contribution >= 4 is 24.1 Å². The third-order valence-electron chi connectivity index (χ3n) is 3.67. The van der Waals surface area contributed by atoms with Gasteiger partial charge in [0.15, 0.2) is 0 Å². The van der Waals surface area contributed by atoms with E-state index in [0.717, 1.165) is 0 Å². The van der Waals surface area contributed by atoms with Crippen LogP contribution in [-0.4, -0.2) is 29.7 Å². The Bertz CT molecular complexity index is 1000. The minimum absolute atomic E-state index is 0.0408. The highest BCUT2D eigenvalue weighted by Gasteiger charge is 2.24. The zero-order valence-corrected chi connectivity index (χ0v) is 18.4. The van der Waals surface area contributed by atoms with Gasteiger partial charge in [0.05, 0.1) is 5.92 Å². The number of esters is 1. The van der Waals surface area contributed by atoms with Crippen molar-refractivity contribution < 1.29 is 43.2 Å². The quantitative estimate of drug-likeness (QED) is 0.216. The Morgan fingerprint density at radius 1 is 0.719 bits per heavy atom. The van der Waals surface area contributed by atoms with Gasteiger partial charge in [-0.05, 0) is 45.0 Å². The Kier molecular flexibility index (Phi) is 7.95. The molecule has 2 aromatic rings. The normalized spacial score (nSPS) is 10.8. The summed E-state index contributed by atoms with van der Waals surface area (Å²) < 4.78 is 15.3. The molecule has 0 fully saturated rings. The Hall–Kier alpha value is -3.88. The van der Waals surface area contributed by atoms with Crippen molar-refractivity contribution in [1.82, 2.24) is 0 Å². The summed E-state index contributed by atoms with van der Waals surface area (Å²) in [6.07, 6.45) is -1.02. The van der Waals surface area contributed by atoms with E-state index in [9.17, 15) is 19.2 Å². The van der Waals surface area contributed by atoms with Gasteiger partial charge in [-0.2, -0.15) is 0 Å². The second-order valence-electron chi connectivity index (χ2n) is 7.88. The summed E-state index contributed by atoms with van der Waals surface area (Å²) in [4.78, 5) is 57.8. The molecule has 0 unspecified atom stereocenters. The number of para-hydroxylation sites is 2. The predicted molar refractivity (Wildman–Crippen MR) is 111 cm³/mol. The highest BCUT2D eigenvalue weighted by Crippen LogP contribution is 2.23. The van der Waals surface area contributed by atoms with Gasteiger partial charge in [0.2, 0.25) is 0 Å². The van der Waals surface area contributed by atoms with Crippen LogP contribution in [0, 0.1) is 5.92 Å². The number of ether oxygens (including phenoxy) is 3. The van der Waals surface area contributed by atoms with Crippen LogP contribution in [0.15, 0.2) is 48.5 Å². The Morgan fingerprint density at radius 3 is 1.59 bits per heavy atom. The van der Waals surface area contributed by atoms with Crippen LogP contribution < -0.4 is 9.47 Å². The molecule has 32 heavy (non-hydrogen) atoms. The van der Waals surface area contributed by atoms with E-state index in [1.165, 1.54) is 42.5 Å². The molecule has 2 rings (SSSR count). The summed E-state index contributed by atoms with van der Waals surface area (Å²) in [7, 11) is 0. The van der Waals surface area contributed by atoms with Gasteiger partial charge in [-0.1, -0.05) is 38.1 Å². The third-order valence-corrected chi connectivity index (χ3v) is 3.67. The maximum absolute atomic E-state index is 12.4. The van der Waals surface area contributed by atoms with Crippen LogP contribution in [-0.2, 0) is 19.3 Å². The summed E-state index contributed by atoms with van der Waals surface area (Å²) >= 11 is 0. The molecule has 0 aliphatic carbocycles. The van der Waals surface area contributed by atoms with Crippen molar-refractivity contribution in [3.05, 3.63) is 59.7 Å². The number of carbonyl (C=O) groups is 4. The van der Waals surface area contributed by atoms with Crippen molar-refractivity contribution in [3.63, 3.8) is 0 Å². The van der Waals surface area contributed by atoms with E-state index in [1.54, 1.807) is 40.7 Å². The first-order valence-electron chi connectivity index (χ1n) is 9.71. The van der Waals surface area contributed by atoms with E-state index in [-0.39, 0.29) is 22.6 Å². The maximum Gasteiger partial charge on any atom is 0.514 e. The van der Waals surface area contributed by atoms with Gasteiger partial charge in [-0.15, -0.1) is 0 Å². The molecule has 0 spiro atoms. The smallest absolute Gasteiger partial charge is 0.428 e. The van der Waals surface area contributed by atoms with E-state index >= 15 is 0 Å². The van der Waals surface area contributed by atoms with Gasteiger partial charge in [0.25, 0.3) is 0 Å². The van der Waals surface area contributed by atoms with Crippen LogP contribution in [0.2, 0.25) is 0 Å². The minimum Gasteiger partial charge on any atom is -0.428 e. The summed E-state index contributed by atoms with van der Waals surface area (Å²) in [5.41, 5.74) is -1.09. The lowest BCUT2D eigenvalue weighted by Gasteiger charge is -2.19. The van der Waals surface area contributed by atoms with Crippen LogP contribution in [0.5, 0.6) is 11.5 Å². The van der Waals surface area contributed by atoms with Gasteiger partial charge in [0, 0.05) is 0 Å². The van der Waals surface area contributed by atoms with Crippen LogP contribution >= 0.6 is 0 Å². The van der Waals surface area contributed by atoms with Crippen molar-refractivity contribution in [2.75, 3.05) is 0 Å². The Labute approximate surface area is 185 Å². The van der Waals surface area contributed by atoms with Gasteiger partial charge in [0.1, 0.15) is 28.2 Å². The van der Waals surface area contributed by atoms with Gasteiger partial charge in [-0.3, -0.25) is 4.79 Å². The zero-order valence-electron chi connectivity index (χ0n) is 18.4. The predicted octanol–water partition coefficient (Wildman–Crippen LogP) is 4.49. The topological polar surface area (TPSA) is 114 Å². The molecule has 9 nitrogen and oxygen atoms in total. The van der Waals surface area contributed by atoms with Crippen LogP contribution in [0.3, 0.4) is 0 Å². The first kappa shape index (κ1) is 24.4. The fourth-order valence-corrected chi connectivity index (χ4v) is 2.20. The summed E-state index contributed by atoms with van der Waals surface area (Å²) in [5.74, 6) is -3.30. The summed E-state index contributed by atoms with van der Waals surface area (Å²) in [6.45, 7) is 8.25. The molecule has 2 aromatic carbocycles. The molecule has 0 aliphatic rings. The third kappa shape index (κ3) is 7.12. The minimum atomic E-state index is -1.09. The van der Waals surface area contributed by atoms with Crippen molar-refractivity contribution in [1.29, 1.82) is 0 Å². The molecule has 0 aliphatic heterocycles. The first-order valence-corrected chi connectivity index (χ1v) is 9.71. The van der Waals surface area contributed by atoms with Crippen molar-refractivity contribution in [2.45, 2.75) is 40.2 Å². The fraction of sp³-hybridized carbons (Fsp3) is 0.304. The van der Waals surface area contributed by atoms with Gasteiger partial charge in [-0.25, -0.2) is 24.2 Å². The molecule has 0 bridgehead atoms. The SMILES string of the molecule is CC(C)C(=O)Oc1ccccc1C(=O)OOC(=O)c1ccccc1OC(=O)OC(C)(C)C. The largest absolute Gasteiger partial charge is 0.514 e. The average molecular weight is 444 g/mol. The lowest BCUT2D eigenvalue weighted by Crippen LogP contribution is -2.26. The zero-order chi connectivity index (χ0) is 23.9. The molecular formula is C23H24O9. The fourth-order valence-electron chi connectivity index (χ4n) is 2.20. The lowest BCUT2D eigenvalue weighted by molar-refractivity contribution is -0.187. The second kappa shape index (κ2) is 10.4. The molecule has 0 aromatic heterocycles. The molecule has 0 N–H and O–H groups in total. The van der Waals surface area contributed by atoms with E-state index in [4.69, 9.17) is 14.2 Å². The van der Waals surface area contributed by atoms with E-state index < -0.39 is 35.6 Å². The number of rotatable bonds is 5. The standard InChI is InChI=1S/C23H24O9/c1-14(2)19(24)28-17-12-8-6-10-15(17)20(25)31-32-21(26)16-11-7-9-13-18(16)29-22(27)30-23(3,4)5/h6-14H,1-5H3. The average Bonchev–Trinajstić information content (AvgIpc) is 2.71. The molecule has 170 valence electrons. The number of carbonyl (C=O) groups excluding carboxylic acids is 4. The van der Waals surface area contributed by atoms with Crippen LogP contribution in [0.1, 0.15) is 55.3 Å². The molecular weight excluding hydrogens is 420 g/mol. The molecule has 0 radical (unpaired) electrons.